The van der Waals surface area contributed by atoms with E-state index in [1.165, 1.54) is 77.0 Å². The third kappa shape index (κ3) is 10.9. The summed E-state index contributed by atoms with van der Waals surface area (Å²) in [7, 11) is 0. The van der Waals surface area contributed by atoms with Gasteiger partial charge in [0.15, 0.2) is 23.1 Å². The lowest BCUT2D eigenvalue weighted by Crippen LogP contribution is -2.26. The van der Waals surface area contributed by atoms with Crippen LogP contribution in [0.3, 0.4) is 0 Å². The number of nitrogens with one attached hydrogen (secondary N) is 6. The zero-order valence-electron chi connectivity index (χ0n) is 44.5. The molecular weight excluding hydrogens is 977 g/mol. The van der Waals surface area contributed by atoms with Crippen LogP contribution in [-0.4, -0.2) is 79.2 Å². The molecule has 0 unspecified atom stereocenters. The van der Waals surface area contributed by atoms with Gasteiger partial charge >= 0.3 is 0 Å². The Hall–Kier alpha value is -7.62. The minimum Gasteiger partial charge on any atom is -0.354 e. The summed E-state index contributed by atoms with van der Waals surface area (Å²) in [5.41, 5.74) is 2.73. The predicted molar refractivity (Wildman–Crippen MR) is 305 cm³/mol. The van der Waals surface area contributed by atoms with Crippen LogP contribution in [0, 0.1) is 23.7 Å². The Morgan fingerprint density at radius 1 is 0.295 bits per heavy atom. The van der Waals surface area contributed by atoms with E-state index in [1.807, 2.05) is 0 Å². The SMILES string of the molecule is O=C1c2ccccc2C(=O)c2c(-c3ccc(Nc4nc(NCC5CCCCC5)nc(NCC5CCCCC5)n4)c4c3C(=O)c3ccccc3C4=O)ccc(Nc3nc(NCC4CCCCC4)nc(NCC4CCCCC4)n3)c21. The zero-order valence-corrected chi connectivity index (χ0v) is 44.5. The summed E-state index contributed by atoms with van der Waals surface area (Å²) >= 11 is 0. The molecule has 402 valence electrons. The third-order valence-corrected chi connectivity index (χ3v) is 17.3. The van der Waals surface area contributed by atoms with E-state index < -0.39 is 11.6 Å². The van der Waals surface area contributed by atoms with Crippen LogP contribution in [0.2, 0.25) is 0 Å². The minimum absolute atomic E-state index is 0.103. The monoisotopic (exact) mass is 1050 g/mol. The number of carbonyl (C=O) groups excluding carboxylic acids is 4. The lowest BCUT2D eigenvalue weighted by atomic mass is 9.75. The number of hydrogen-bond acceptors (Lipinski definition) is 16. The Morgan fingerprint density at radius 2 is 0.551 bits per heavy atom. The smallest absolute Gasteiger partial charge is 0.233 e. The van der Waals surface area contributed by atoms with E-state index in [4.69, 9.17) is 29.9 Å². The number of nitrogens with zero attached hydrogens (tertiary/aromatic N) is 6. The second-order valence-corrected chi connectivity index (χ2v) is 22.6. The van der Waals surface area contributed by atoms with E-state index in [0.29, 0.717) is 70.0 Å². The number of hydrogen-bond donors (Lipinski definition) is 6. The summed E-state index contributed by atoms with van der Waals surface area (Å²) in [6.07, 6.45) is 23.9. The summed E-state index contributed by atoms with van der Waals surface area (Å²) in [6.45, 7) is 2.93. The van der Waals surface area contributed by atoms with Crippen molar-refractivity contribution in [1.82, 2.24) is 29.9 Å². The van der Waals surface area contributed by atoms with Gasteiger partial charge in [-0.3, -0.25) is 19.2 Å². The zero-order chi connectivity index (χ0) is 53.0. The van der Waals surface area contributed by atoms with E-state index in [0.717, 1.165) is 77.5 Å². The first-order valence-corrected chi connectivity index (χ1v) is 29.0. The van der Waals surface area contributed by atoms with Gasteiger partial charge in [-0.15, -0.1) is 0 Å². The van der Waals surface area contributed by atoms with Crippen molar-refractivity contribution < 1.29 is 19.2 Å². The molecule has 0 spiro atoms. The van der Waals surface area contributed by atoms with Crippen LogP contribution in [0.15, 0.2) is 72.8 Å². The molecule has 0 saturated heterocycles. The van der Waals surface area contributed by atoms with Gasteiger partial charge in [0, 0.05) is 59.6 Å². The Bertz CT molecular complexity index is 2950. The number of rotatable bonds is 17. The number of anilines is 8. The van der Waals surface area contributed by atoms with Crippen molar-refractivity contribution in [3.8, 4) is 11.1 Å². The molecule has 4 aromatic carbocycles. The highest BCUT2D eigenvalue weighted by molar-refractivity contribution is 6.35. The summed E-state index contributed by atoms with van der Waals surface area (Å²) in [5.74, 6) is 2.62. The van der Waals surface area contributed by atoms with Gasteiger partial charge in [-0.25, -0.2) is 0 Å². The first kappa shape index (κ1) is 51.2. The molecule has 0 amide bonds. The summed E-state index contributed by atoms with van der Waals surface area (Å²) < 4.78 is 0. The Labute approximate surface area is 456 Å². The molecule has 6 aliphatic rings. The number of fused-ring (bicyclic) bond motifs is 4. The van der Waals surface area contributed by atoms with E-state index in [2.05, 4.69) is 31.9 Å². The molecule has 16 nitrogen and oxygen atoms in total. The van der Waals surface area contributed by atoms with Gasteiger partial charge < -0.3 is 31.9 Å². The standard InChI is InChI=1S/C62H70N12O4/c75-53-43-25-13-15-27-45(43)55(77)51-47(67-61-71-57(63-33-37-17-5-1-6-18-37)69-58(72-61)64-34-38-19-7-2-8-20-38)31-29-41(49(51)53)42-30-32-48(52-50(42)54(76)44-26-14-16-28-46(44)56(52)78)68-62-73-59(65-35-39-21-9-3-10-22-39)70-60(74-62)66-36-40-23-11-4-12-24-40/h13-16,25-32,37-40H,1-12,17-24,33-36H2,(H3,63,64,67,69,71,72)(H3,65,66,68,70,73,74). The highest BCUT2D eigenvalue weighted by Crippen LogP contribution is 2.45. The van der Waals surface area contributed by atoms with Crippen molar-refractivity contribution >= 4 is 70.2 Å². The average Bonchev–Trinajstić information content (AvgIpc) is 3.66. The maximum absolute atomic E-state index is 15.2. The van der Waals surface area contributed by atoms with Crippen molar-refractivity contribution in [2.45, 2.75) is 128 Å². The van der Waals surface area contributed by atoms with Gasteiger partial charge in [-0.1, -0.05) is 138 Å². The van der Waals surface area contributed by atoms with E-state index >= 15 is 19.2 Å². The fourth-order valence-corrected chi connectivity index (χ4v) is 13.0. The molecule has 6 N–H and O–H groups in total. The van der Waals surface area contributed by atoms with Crippen LogP contribution in [-0.2, 0) is 0 Å². The molecule has 6 aromatic rings. The molecule has 2 aromatic heterocycles. The van der Waals surface area contributed by atoms with Gasteiger partial charge in [0.1, 0.15) is 0 Å². The fraction of sp³-hybridized carbons (Fsp3) is 0.452. The number of ketones is 4. The second-order valence-electron chi connectivity index (χ2n) is 22.6. The van der Waals surface area contributed by atoms with Gasteiger partial charge in [0.2, 0.25) is 35.7 Å². The average molecular weight is 1050 g/mol. The van der Waals surface area contributed by atoms with Crippen LogP contribution in [0.5, 0.6) is 0 Å². The third-order valence-electron chi connectivity index (χ3n) is 17.3. The van der Waals surface area contributed by atoms with Crippen LogP contribution >= 0.6 is 0 Å². The molecule has 12 rings (SSSR count). The van der Waals surface area contributed by atoms with Gasteiger partial charge in [0.25, 0.3) is 0 Å². The molecule has 0 atom stereocenters. The van der Waals surface area contributed by atoms with Gasteiger partial charge in [-0.05, 0) is 98.3 Å². The Kier molecular flexibility index (Phi) is 15.2. The first-order valence-electron chi connectivity index (χ1n) is 29.0. The van der Waals surface area contributed by atoms with Crippen LogP contribution < -0.4 is 31.9 Å². The summed E-state index contributed by atoms with van der Waals surface area (Å²) in [6, 6.07) is 20.6. The number of aromatic nitrogens is 6. The number of benzene rings is 4. The first-order chi connectivity index (χ1) is 38.3. The highest BCUT2D eigenvalue weighted by Gasteiger charge is 2.39. The molecular formula is C62H70N12O4. The largest absolute Gasteiger partial charge is 0.354 e. The fourth-order valence-electron chi connectivity index (χ4n) is 13.0. The van der Waals surface area contributed by atoms with Crippen LogP contribution in [0.25, 0.3) is 11.1 Å². The second kappa shape index (κ2) is 23.1. The lowest BCUT2D eigenvalue weighted by Gasteiger charge is -2.27. The predicted octanol–water partition coefficient (Wildman–Crippen LogP) is 12.7. The molecule has 0 bridgehead atoms. The molecule has 0 aliphatic heterocycles. The normalized spacial score (nSPS) is 18.1. The highest BCUT2D eigenvalue weighted by atomic mass is 16.1. The topological polar surface area (TPSA) is 218 Å². The molecule has 16 heteroatoms. The van der Waals surface area contributed by atoms with Crippen LogP contribution in [0.1, 0.15) is 192 Å². The molecule has 78 heavy (non-hydrogen) atoms. The molecule has 0 radical (unpaired) electrons. The number of carbonyl (C=O) groups is 4. The van der Waals surface area contributed by atoms with Crippen molar-refractivity contribution in [2.24, 2.45) is 23.7 Å². The van der Waals surface area contributed by atoms with E-state index in [-0.39, 0.29) is 68.0 Å². The van der Waals surface area contributed by atoms with Crippen LogP contribution in [0.4, 0.5) is 47.1 Å². The van der Waals surface area contributed by atoms with Crippen molar-refractivity contribution in [3.05, 3.63) is 117 Å². The van der Waals surface area contributed by atoms with E-state index in [1.54, 1.807) is 72.8 Å². The lowest BCUT2D eigenvalue weighted by molar-refractivity contribution is 0.0978. The Balaban J connectivity index is 0.937. The van der Waals surface area contributed by atoms with Crippen molar-refractivity contribution in [1.29, 1.82) is 0 Å². The summed E-state index contributed by atoms with van der Waals surface area (Å²) in [4.78, 5) is 89.5. The van der Waals surface area contributed by atoms with E-state index in [9.17, 15) is 0 Å². The van der Waals surface area contributed by atoms with Crippen molar-refractivity contribution in [3.63, 3.8) is 0 Å². The quantitative estimate of drug-likeness (QED) is 0.0500. The van der Waals surface area contributed by atoms with Crippen molar-refractivity contribution in [2.75, 3.05) is 58.1 Å². The molecule has 6 aliphatic carbocycles. The maximum atomic E-state index is 15.2. The van der Waals surface area contributed by atoms with Gasteiger partial charge in [-0.2, -0.15) is 29.9 Å². The molecule has 4 fully saturated rings. The molecule has 4 saturated carbocycles. The summed E-state index contributed by atoms with van der Waals surface area (Å²) in [5, 5.41) is 20.7. The molecule has 2 heterocycles. The van der Waals surface area contributed by atoms with Gasteiger partial charge in [0.05, 0.1) is 22.5 Å². The minimum atomic E-state index is -0.392. The maximum Gasteiger partial charge on any atom is 0.233 e. The Morgan fingerprint density at radius 3 is 0.833 bits per heavy atom.